The highest BCUT2D eigenvalue weighted by atomic mass is 16.5. The van der Waals surface area contributed by atoms with Crippen LogP contribution in [0.3, 0.4) is 0 Å². The highest BCUT2D eigenvalue weighted by Crippen LogP contribution is 2.35. The molecule has 0 aromatic heterocycles. The number of rotatable bonds is 6. The van der Waals surface area contributed by atoms with Gasteiger partial charge in [-0.15, -0.1) is 0 Å². The largest absolute Gasteiger partial charge is 0.495 e. The summed E-state index contributed by atoms with van der Waals surface area (Å²) in [5.74, 6) is -1.21. The molecular weight excluding hydrogens is 424 g/mol. The molecule has 0 aliphatic carbocycles. The number of benzene rings is 3. The van der Waals surface area contributed by atoms with E-state index in [1.54, 1.807) is 49.4 Å². The van der Waals surface area contributed by atoms with Gasteiger partial charge >= 0.3 is 5.97 Å². The number of hydrogen-bond donors (Lipinski definition) is 1. The Hall–Kier alpha value is -4.46. The number of esters is 1. The van der Waals surface area contributed by atoms with E-state index in [2.05, 4.69) is 5.32 Å². The molecule has 1 aliphatic rings. The Morgan fingerprint density at radius 3 is 2.42 bits per heavy atom. The van der Waals surface area contributed by atoms with Crippen LogP contribution in [0, 0.1) is 0 Å². The lowest BCUT2D eigenvalue weighted by Gasteiger charge is -2.16. The third kappa shape index (κ3) is 4.18. The van der Waals surface area contributed by atoms with Crippen LogP contribution in [0.25, 0.3) is 0 Å². The van der Waals surface area contributed by atoms with Crippen LogP contribution in [-0.2, 0) is 4.79 Å². The number of imide groups is 1. The van der Waals surface area contributed by atoms with Crippen molar-refractivity contribution in [3.8, 4) is 11.5 Å². The second kappa shape index (κ2) is 8.96. The quantitative estimate of drug-likeness (QED) is 0.349. The van der Waals surface area contributed by atoms with Gasteiger partial charge in [0.05, 0.1) is 23.9 Å². The van der Waals surface area contributed by atoms with Crippen LogP contribution in [0.15, 0.2) is 66.7 Å². The van der Waals surface area contributed by atoms with Gasteiger partial charge in [0.2, 0.25) is 0 Å². The maximum absolute atomic E-state index is 13.1. The van der Waals surface area contributed by atoms with E-state index in [4.69, 9.17) is 9.47 Å². The predicted molar refractivity (Wildman–Crippen MR) is 121 cm³/mol. The number of nitrogens with one attached hydrogen (secondary N) is 1. The van der Waals surface area contributed by atoms with E-state index in [1.807, 2.05) is 0 Å². The van der Waals surface area contributed by atoms with Gasteiger partial charge in [0.25, 0.3) is 17.7 Å². The van der Waals surface area contributed by atoms with Crippen molar-refractivity contribution in [3.63, 3.8) is 0 Å². The molecule has 0 fully saturated rings. The third-order valence-corrected chi connectivity index (χ3v) is 5.09. The minimum atomic E-state index is -0.539. The highest BCUT2D eigenvalue weighted by Gasteiger charge is 2.38. The number of fused-ring (bicyclic) bond motifs is 1. The first kappa shape index (κ1) is 21.8. The Kier molecular flexibility index (Phi) is 5.91. The van der Waals surface area contributed by atoms with Crippen LogP contribution < -0.4 is 19.7 Å². The first-order valence-corrected chi connectivity index (χ1v) is 10.2. The average Bonchev–Trinajstić information content (AvgIpc) is 3.08. The van der Waals surface area contributed by atoms with E-state index in [9.17, 15) is 19.2 Å². The Bertz CT molecular complexity index is 1280. The van der Waals surface area contributed by atoms with E-state index in [0.29, 0.717) is 22.9 Å². The maximum Gasteiger partial charge on any atom is 0.310 e. The summed E-state index contributed by atoms with van der Waals surface area (Å²) in [6.45, 7) is 1.68. The van der Waals surface area contributed by atoms with Gasteiger partial charge in [0, 0.05) is 23.7 Å². The number of nitrogens with zero attached hydrogens (tertiary/aromatic N) is 1. The number of carbonyl (C=O) groups is 4. The van der Waals surface area contributed by atoms with E-state index in [1.165, 1.54) is 31.4 Å². The number of hydrogen-bond acceptors (Lipinski definition) is 6. The molecule has 0 atom stereocenters. The van der Waals surface area contributed by atoms with Crippen LogP contribution >= 0.6 is 0 Å². The monoisotopic (exact) mass is 444 g/mol. The molecule has 3 aromatic rings. The summed E-state index contributed by atoms with van der Waals surface area (Å²) in [6, 6.07) is 17.5. The van der Waals surface area contributed by atoms with Crippen LogP contribution in [-0.4, -0.2) is 30.8 Å². The second-order valence-corrected chi connectivity index (χ2v) is 7.19. The van der Waals surface area contributed by atoms with Gasteiger partial charge in [-0.25, -0.2) is 4.90 Å². The van der Waals surface area contributed by atoms with Crippen LogP contribution in [0.4, 0.5) is 11.4 Å². The van der Waals surface area contributed by atoms with Crippen molar-refractivity contribution in [3.05, 3.63) is 83.4 Å². The summed E-state index contributed by atoms with van der Waals surface area (Å²) in [7, 11) is 1.46. The molecule has 0 unspecified atom stereocenters. The molecule has 3 aromatic carbocycles. The van der Waals surface area contributed by atoms with E-state index in [0.717, 1.165) is 4.90 Å². The topological polar surface area (TPSA) is 102 Å². The molecule has 33 heavy (non-hydrogen) atoms. The van der Waals surface area contributed by atoms with Crippen LogP contribution in [0.1, 0.15) is 44.4 Å². The molecule has 8 nitrogen and oxygen atoms in total. The van der Waals surface area contributed by atoms with Crippen molar-refractivity contribution in [2.45, 2.75) is 13.3 Å². The van der Waals surface area contributed by atoms with Gasteiger partial charge < -0.3 is 14.8 Å². The summed E-state index contributed by atoms with van der Waals surface area (Å²) < 4.78 is 10.4. The van der Waals surface area contributed by atoms with Gasteiger partial charge in [-0.3, -0.25) is 19.2 Å². The fraction of sp³-hybridized carbons (Fsp3) is 0.120. The van der Waals surface area contributed by atoms with E-state index >= 15 is 0 Å². The zero-order valence-electron chi connectivity index (χ0n) is 18.0. The highest BCUT2D eigenvalue weighted by molar-refractivity contribution is 6.35. The van der Waals surface area contributed by atoms with Gasteiger partial charge in [0.15, 0.2) is 0 Å². The molecule has 4 rings (SSSR count). The number of methoxy groups -OCH3 is 1. The SMILES string of the molecule is CCC(=O)Oc1cccc(NC(=O)c2ccc3c(c2)C(=O)N(c2ccccc2OC)C3=O)c1. The van der Waals surface area contributed by atoms with E-state index < -0.39 is 17.7 Å². The molecule has 166 valence electrons. The first-order valence-electron chi connectivity index (χ1n) is 10.2. The van der Waals surface area contributed by atoms with Gasteiger partial charge in [0.1, 0.15) is 11.5 Å². The molecule has 0 bridgehead atoms. The fourth-order valence-electron chi connectivity index (χ4n) is 3.46. The van der Waals surface area contributed by atoms with Crippen molar-refractivity contribution >= 4 is 35.1 Å². The second-order valence-electron chi connectivity index (χ2n) is 7.19. The van der Waals surface area contributed by atoms with E-state index in [-0.39, 0.29) is 29.1 Å². The van der Waals surface area contributed by atoms with Crippen molar-refractivity contribution in [1.29, 1.82) is 0 Å². The average molecular weight is 444 g/mol. The molecule has 0 radical (unpaired) electrons. The van der Waals surface area contributed by atoms with Gasteiger partial charge in [-0.1, -0.05) is 25.1 Å². The molecule has 1 aliphatic heterocycles. The number of carbonyl (C=O) groups excluding carboxylic acids is 4. The van der Waals surface area contributed by atoms with Crippen molar-refractivity contribution in [2.24, 2.45) is 0 Å². The van der Waals surface area contributed by atoms with Crippen molar-refractivity contribution in [1.82, 2.24) is 0 Å². The minimum absolute atomic E-state index is 0.129. The summed E-state index contributed by atoms with van der Waals surface area (Å²) in [5.41, 5.74) is 1.28. The van der Waals surface area contributed by atoms with Crippen molar-refractivity contribution < 1.29 is 28.7 Å². The lowest BCUT2D eigenvalue weighted by atomic mass is 10.1. The lowest BCUT2D eigenvalue weighted by molar-refractivity contribution is -0.134. The number of para-hydroxylation sites is 2. The minimum Gasteiger partial charge on any atom is -0.495 e. The zero-order valence-corrected chi connectivity index (χ0v) is 18.0. The number of ether oxygens (including phenoxy) is 2. The fourth-order valence-corrected chi connectivity index (χ4v) is 3.46. The smallest absolute Gasteiger partial charge is 0.310 e. The third-order valence-electron chi connectivity index (χ3n) is 5.09. The van der Waals surface area contributed by atoms with Gasteiger partial charge in [-0.2, -0.15) is 0 Å². The number of anilines is 2. The number of amides is 3. The molecule has 0 saturated heterocycles. The maximum atomic E-state index is 13.1. The first-order chi connectivity index (χ1) is 15.9. The van der Waals surface area contributed by atoms with Crippen LogP contribution in [0.2, 0.25) is 0 Å². The Morgan fingerprint density at radius 2 is 1.67 bits per heavy atom. The van der Waals surface area contributed by atoms with Crippen LogP contribution in [0.5, 0.6) is 11.5 Å². The molecule has 1 heterocycles. The Labute approximate surface area is 189 Å². The molecule has 1 N–H and O–H groups in total. The molecule has 8 heteroatoms. The summed E-state index contributed by atoms with van der Waals surface area (Å²) in [5, 5.41) is 2.71. The molecule has 3 amide bonds. The molecule has 0 saturated carbocycles. The van der Waals surface area contributed by atoms with Gasteiger partial charge in [-0.05, 0) is 42.5 Å². The van der Waals surface area contributed by atoms with Crippen molar-refractivity contribution in [2.75, 3.05) is 17.3 Å². The Morgan fingerprint density at radius 1 is 0.909 bits per heavy atom. The molecular formula is C25H20N2O6. The lowest BCUT2D eigenvalue weighted by Crippen LogP contribution is -2.29. The normalized spacial score (nSPS) is 12.4. The zero-order chi connectivity index (χ0) is 23.5. The predicted octanol–water partition coefficient (Wildman–Crippen LogP) is 4.06. The summed E-state index contributed by atoms with van der Waals surface area (Å²) >= 11 is 0. The Balaban J connectivity index is 1.58. The summed E-state index contributed by atoms with van der Waals surface area (Å²) in [6.07, 6.45) is 0.227. The molecule has 0 spiro atoms. The standard InChI is InChI=1S/C25H20N2O6/c1-3-22(28)33-17-8-6-7-16(14-17)26-23(29)15-11-12-18-19(13-15)25(31)27(24(18)30)20-9-4-5-10-21(20)32-2/h4-14H,3H2,1-2H3,(H,26,29). The summed E-state index contributed by atoms with van der Waals surface area (Å²) in [4.78, 5) is 51.3.